The third-order valence-electron chi connectivity index (χ3n) is 4.55. The van der Waals surface area contributed by atoms with E-state index < -0.39 is 0 Å². The maximum absolute atomic E-state index is 13.0. The summed E-state index contributed by atoms with van der Waals surface area (Å²) in [6.07, 6.45) is 1.43. The number of hydrogen-bond donors (Lipinski definition) is 0. The summed E-state index contributed by atoms with van der Waals surface area (Å²) < 4.78 is 13.0. The summed E-state index contributed by atoms with van der Waals surface area (Å²) in [4.78, 5) is 14.5. The van der Waals surface area contributed by atoms with E-state index >= 15 is 0 Å². The Labute approximate surface area is 130 Å². The van der Waals surface area contributed by atoms with Crippen LogP contribution < -0.4 is 0 Å². The first-order valence-corrected chi connectivity index (χ1v) is 7.75. The smallest absolute Gasteiger partial charge is 0.223 e. The number of nitrogens with zero attached hydrogens (tertiary/aromatic N) is 1. The van der Waals surface area contributed by atoms with Gasteiger partial charge in [-0.1, -0.05) is 42.5 Å². The molecule has 2 aromatic carbocycles. The quantitative estimate of drug-likeness (QED) is 0.827. The minimum atomic E-state index is -0.231. The Kier molecular flexibility index (Phi) is 4.23. The van der Waals surface area contributed by atoms with Crippen LogP contribution in [0.4, 0.5) is 4.39 Å². The number of carbonyl (C=O) groups is 1. The standard InChI is InChI=1S/C19H20FNO/c1-14(15-5-3-2-4-6-15)21-12-11-17(13-19(21)22)16-7-9-18(20)10-8-16/h2-10,14,17H,11-13H2,1H3/t14-,17+/m0/s1. The van der Waals surface area contributed by atoms with Gasteiger partial charge in [-0.3, -0.25) is 4.79 Å². The molecule has 1 saturated heterocycles. The first-order chi connectivity index (χ1) is 10.6. The molecule has 0 aliphatic carbocycles. The van der Waals surface area contributed by atoms with Crippen LogP contribution in [0.25, 0.3) is 0 Å². The van der Waals surface area contributed by atoms with E-state index in [1.54, 1.807) is 12.1 Å². The Morgan fingerprint density at radius 3 is 2.41 bits per heavy atom. The summed E-state index contributed by atoms with van der Waals surface area (Å²) in [5.41, 5.74) is 2.22. The molecule has 0 radical (unpaired) electrons. The van der Waals surface area contributed by atoms with Gasteiger partial charge in [0.05, 0.1) is 6.04 Å². The van der Waals surface area contributed by atoms with Crippen molar-refractivity contribution >= 4 is 5.91 Å². The van der Waals surface area contributed by atoms with Crippen molar-refractivity contribution in [2.75, 3.05) is 6.54 Å². The van der Waals surface area contributed by atoms with Crippen molar-refractivity contribution in [2.24, 2.45) is 0 Å². The highest BCUT2D eigenvalue weighted by Crippen LogP contribution is 2.32. The van der Waals surface area contributed by atoms with Gasteiger partial charge in [0.15, 0.2) is 0 Å². The summed E-state index contributed by atoms with van der Waals surface area (Å²) in [6.45, 7) is 2.82. The zero-order valence-corrected chi connectivity index (χ0v) is 12.7. The molecule has 0 aromatic heterocycles. The molecule has 22 heavy (non-hydrogen) atoms. The highest BCUT2D eigenvalue weighted by atomic mass is 19.1. The van der Waals surface area contributed by atoms with Gasteiger partial charge in [0.25, 0.3) is 0 Å². The number of likely N-dealkylation sites (tertiary alicyclic amines) is 1. The van der Waals surface area contributed by atoms with Crippen LogP contribution in [0.1, 0.15) is 42.9 Å². The minimum Gasteiger partial charge on any atom is -0.336 e. The van der Waals surface area contributed by atoms with E-state index in [-0.39, 0.29) is 23.7 Å². The second-order valence-electron chi connectivity index (χ2n) is 5.92. The molecule has 2 atom stereocenters. The fourth-order valence-electron chi connectivity index (χ4n) is 3.19. The van der Waals surface area contributed by atoms with Crippen LogP contribution in [0.3, 0.4) is 0 Å². The van der Waals surface area contributed by atoms with Gasteiger partial charge in [-0.05, 0) is 42.5 Å². The summed E-state index contributed by atoms with van der Waals surface area (Å²) in [6, 6.07) is 16.7. The van der Waals surface area contributed by atoms with E-state index in [1.165, 1.54) is 12.1 Å². The molecule has 3 heteroatoms. The average molecular weight is 297 g/mol. The largest absolute Gasteiger partial charge is 0.336 e. The number of rotatable bonds is 3. The van der Waals surface area contributed by atoms with Gasteiger partial charge in [0, 0.05) is 13.0 Å². The van der Waals surface area contributed by atoms with Crippen molar-refractivity contribution in [1.29, 1.82) is 0 Å². The lowest BCUT2D eigenvalue weighted by atomic mass is 9.88. The molecule has 2 aromatic rings. The fourth-order valence-corrected chi connectivity index (χ4v) is 3.19. The summed E-state index contributed by atoms with van der Waals surface area (Å²) in [7, 11) is 0. The molecule has 0 spiro atoms. The Morgan fingerprint density at radius 2 is 1.77 bits per heavy atom. The molecule has 1 heterocycles. The topological polar surface area (TPSA) is 20.3 Å². The fraction of sp³-hybridized carbons (Fsp3) is 0.316. The van der Waals surface area contributed by atoms with Crippen molar-refractivity contribution in [3.05, 3.63) is 71.5 Å². The molecular formula is C19H20FNO. The molecule has 0 N–H and O–H groups in total. The predicted octanol–water partition coefficient (Wildman–Crippen LogP) is 4.29. The highest BCUT2D eigenvalue weighted by Gasteiger charge is 2.30. The number of amides is 1. The van der Waals surface area contributed by atoms with Gasteiger partial charge in [-0.15, -0.1) is 0 Å². The second-order valence-corrected chi connectivity index (χ2v) is 5.92. The van der Waals surface area contributed by atoms with E-state index in [1.807, 2.05) is 23.1 Å². The van der Waals surface area contributed by atoms with E-state index in [4.69, 9.17) is 0 Å². The monoisotopic (exact) mass is 297 g/mol. The van der Waals surface area contributed by atoms with Crippen LogP contribution in [-0.4, -0.2) is 17.4 Å². The van der Waals surface area contributed by atoms with Gasteiger partial charge in [0.2, 0.25) is 5.91 Å². The van der Waals surface area contributed by atoms with Crippen LogP contribution >= 0.6 is 0 Å². The maximum atomic E-state index is 13.0. The summed E-state index contributed by atoms with van der Waals surface area (Å²) in [5.74, 6) is 0.148. The number of benzene rings is 2. The van der Waals surface area contributed by atoms with Crippen LogP contribution in [0.15, 0.2) is 54.6 Å². The zero-order valence-electron chi connectivity index (χ0n) is 12.7. The molecule has 1 fully saturated rings. The molecule has 0 saturated carbocycles. The first-order valence-electron chi connectivity index (χ1n) is 7.75. The van der Waals surface area contributed by atoms with Crippen LogP contribution in [-0.2, 0) is 4.79 Å². The van der Waals surface area contributed by atoms with Crippen LogP contribution in [0, 0.1) is 5.82 Å². The highest BCUT2D eigenvalue weighted by molar-refractivity contribution is 5.78. The third kappa shape index (κ3) is 3.03. The predicted molar refractivity (Wildman–Crippen MR) is 84.9 cm³/mol. The second kappa shape index (κ2) is 6.30. The van der Waals surface area contributed by atoms with Crippen LogP contribution in [0.2, 0.25) is 0 Å². The lowest BCUT2D eigenvalue weighted by Gasteiger charge is -2.36. The van der Waals surface area contributed by atoms with Gasteiger partial charge in [0.1, 0.15) is 5.82 Å². The van der Waals surface area contributed by atoms with Crippen molar-refractivity contribution in [1.82, 2.24) is 4.90 Å². The van der Waals surface area contributed by atoms with Gasteiger partial charge in [-0.25, -0.2) is 4.39 Å². The SMILES string of the molecule is C[C@@H](c1ccccc1)N1CC[C@@H](c2ccc(F)cc2)CC1=O. The molecule has 1 aliphatic heterocycles. The van der Waals surface area contributed by atoms with Crippen molar-refractivity contribution in [3.63, 3.8) is 0 Å². The van der Waals surface area contributed by atoms with E-state index in [0.717, 1.165) is 24.1 Å². The molecule has 114 valence electrons. The van der Waals surface area contributed by atoms with Gasteiger partial charge in [-0.2, -0.15) is 0 Å². The molecular weight excluding hydrogens is 277 g/mol. The van der Waals surface area contributed by atoms with Crippen molar-refractivity contribution in [2.45, 2.75) is 31.7 Å². The molecule has 0 bridgehead atoms. The lowest BCUT2D eigenvalue weighted by Crippen LogP contribution is -2.39. The Bertz CT molecular complexity index is 638. The molecule has 0 unspecified atom stereocenters. The van der Waals surface area contributed by atoms with Crippen LogP contribution in [0.5, 0.6) is 0 Å². The molecule has 1 aliphatic rings. The number of hydrogen-bond acceptors (Lipinski definition) is 1. The molecule has 3 rings (SSSR count). The number of piperidine rings is 1. The number of carbonyl (C=O) groups excluding carboxylic acids is 1. The van der Waals surface area contributed by atoms with E-state index in [0.29, 0.717) is 6.42 Å². The van der Waals surface area contributed by atoms with Crippen molar-refractivity contribution in [3.8, 4) is 0 Å². The zero-order chi connectivity index (χ0) is 15.5. The number of halogens is 1. The third-order valence-corrected chi connectivity index (χ3v) is 4.55. The average Bonchev–Trinajstić information content (AvgIpc) is 2.56. The Morgan fingerprint density at radius 1 is 1.09 bits per heavy atom. The maximum Gasteiger partial charge on any atom is 0.223 e. The molecule has 1 amide bonds. The minimum absolute atomic E-state index is 0.0999. The molecule has 2 nitrogen and oxygen atoms in total. The summed E-state index contributed by atoms with van der Waals surface area (Å²) in [5, 5.41) is 0. The van der Waals surface area contributed by atoms with E-state index in [9.17, 15) is 9.18 Å². The Balaban J connectivity index is 1.70. The Hall–Kier alpha value is -2.16. The van der Waals surface area contributed by atoms with E-state index in [2.05, 4.69) is 19.1 Å². The first kappa shape index (κ1) is 14.8. The van der Waals surface area contributed by atoms with Crippen molar-refractivity contribution < 1.29 is 9.18 Å². The lowest BCUT2D eigenvalue weighted by molar-refractivity contribution is -0.136. The van der Waals surface area contributed by atoms with Gasteiger partial charge < -0.3 is 4.90 Å². The normalized spacial score (nSPS) is 20.0. The summed E-state index contributed by atoms with van der Waals surface area (Å²) >= 11 is 0. The van der Waals surface area contributed by atoms with Gasteiger partial charge >= 0.3 is 0 Å².